The smallest absolute Gasteiger partial charge is 0.0157 e. The molecule has 0 aromatic carbocycles. The van der Waals surface area contributed by atoms with Crippen molar-refractivity contribution in [1.29, 1.82) is 0 Å². The molecule has 2 nitrogen and oxygen atoms in total. The summed E-state index contributed by atoms with van der Waals surface area (Å²) in [6.07, 6.45) is 3.95. The van der Waals surface area contributed by atoms with Crippen molar-refractivity contribution in [1.82, 2.24) is 5.01 Å². The lowest BCUT2D eigenvalue weighted by Gasteiger charge is -2.33. The van der Waals surface area contributed by atoms with Gasteiger partial charge < -0.3 is 0 Å². The van der Waals surface area contributed by atoms with E-state index >= 15 is 0 Å². The number of nitrogens with two attached hydrogens (primary N) is 1. The Morgan fingerprint density at radius 3 is 2.58 bits per heavy atom. The highest BCUT2D eigenvalue weighted by Crippen LogP contribution is 2.29. The van der Waals surface area contributed by atoms with Crippen LogP contribution in [0.15, 0.2) is 0 Å². The Kier molecular flexibility index (Phi) is 3.13. The third-order valence-electron chi connectivity index (χ3n) is 2.45. The molecule has 0 aromatic heterocycles. The van der Waals surface area contributed by atoms with Gasteiger partial charge in [0.2, 0.25) is 0 Å². The maximum absolute atomic E-state index is 5.78. The Bertz CT molecular complexity index is 137. The summed E-state index contributed by atoms with van der Waals surface area (Å²) in [5.41, 5.74) is 0.461. The van der Waals surface area contributed by atoms with E-state index in [-0.39, 0.29) is 0 Å². The quantitative estimate of drug-likeness (QED) is 0.610. The summed E-state index contributed by atoms with van der Waals surface area (Å²) in [7, 11) is 0. The van der Waals surface area contributed by atoms with E-state index in [1.807, 2.05) is 5.01 Å². The lowest BCUT2D eigenvalue weighted by molar-refractivity contribution is 0.142. The maximum Gasteiger partial charge on any atom is 0.0157 e. The van der Waals surface area contributed by atoms with Crippen LogP contribution in [0.3, 0.4) is 0 Å². The van der Waals surface area contributed by atoms with Gasteiger partial charge in [0.25, 0.3) is 0 Å². The molecule has 2 N–H and O–H groups in total. The minimum Gasteiger partial charge on any atom is -0.269 e. The van der Waals surface area contributed by atoms with Crippen molar-refractivity contribution in [3.63, 3.8) is 0 Å². The standard InChI is InChI=1S/C10H22N2/c1-10(2,3)7-9-5-4-6-12(11)8-9/h9H,4-8,11H2,1-3H3. The topological polar surface area (TPSA) is 29.3 Å². The average molecular weight is 170 g/mol. The lowest BCUT2D eigenvalue weighted by atomic mass is 9.81. The van der Waals surface area contributed by atoms with Crippen LogP contribution >= 0.6 is 0 Å². The Hall–Kier alpha value is -0.0800. The highest BCUT2D eigenvalue weighted by atomic mass is 15.4. The second-order valence-electron chi connectivity index (χ2n) is 5.27. The van der Waals surface area contributed by atoms with Crippen molar-refractivity contribution in [2.45, 2.75) is 40.0 Å². The molecule has 12 heavy (non-hydrogen) atoms. The fourth-order valence-electron chi connectivity index (χ4n) is 2.13. The molecule has 1 rings (SSSR count). The Morgan fingerprint density at radius 1 is 1.42 bits per heavy atom. The number of hydrogen-bond donors (Lipinski definition) is 1. The summed E-state index contributed by atoms with van der Waals surface area (Å²) < 4.78 is 0. The molecular formula is C10H22N2. The van der Waals surface area contributed by atoms with Gasteiger partial charge in [0.1, 0.15) is 0 Å². The van der Waals surface area contributed by atoms with Gasteiger partial charge in [-0.15, -0.1) is 0 Å². The second kappa shape index (κ2) is 3.75. The zero-order valence-electron chi connectivity index (χ0n) is 8.64. The summed E-state index contributed by atoms with van der Waals surface area (Å²) in [4.78, 5) is 0. The van der Waals surface area contributed by atoms with E-state index in [0.717, 1.165) is 19.0 Å². The number of hydrazine groups is 1. The molecule has 1 aliphatic heterocycles. The summed E-state index contributed by atoms with van der Waals surface area (Å²) in [6.45, 7) is 9.10. The summed E-state index contributed by atoms with van der Waals surface area (Å²) in [5.74, 6) is 6.60. The molecule has 0 amide bonds. The van der Waals surface area contributed by atoms with Crippen molar-refractivity contribution in [3.05, 3.63) is 0 Å². The van der Waals surface area contributed by atoms with Crippen LogP contribution < -0.4 is 5.84 Å². The molecule has 72 valence electrons. The Morgan fingerprint density at radius 2 is 2.08 bits per heavy atom. The predicted octanol–water partition coefficient (Wildman–Crippen LogP) is 2.01. The van der Waals surface area contributed by atoms with Gasteiger partial charge in [0.05, 0.1) is 0 Å². The Balaban J connectivity index is 2.32. The predicted molar refractivity (Wildman–Crippen MR) is 52.6 cm³/mol. The van der Waals surface area contributed by atoms with E-state index in [0.29, 0.717) is 5.41 Å². The zero-order valence-corrected chi connectivity index (χ0v) is 8.64. The first-order chi connectivity index (χ1) is 5.47. The normalized spacial score (nSPS) is 27.5. The summed E-state index contributed by atoms with van der Waals surface area (Å²) in [6, 6.07) is 0. The minimum atomic E-state index is 0.461. The van der Waals surface area contributed by atoms with Gasteiger partial charge in [-0.05, 0) is 30.6 Å². The number of piperidine rings is 1. The van der Waals surface area contributed by atoms with Crippen LogP contribution in [0, 0.1) is 11.3 Å². The van der Waals surface area contributed by atoms with Crippen molar-refractivity contribution >= 4 is 0 Å². The first-order valence-electron chi connectivity index (χ1n) is 4.97. The molecule has 2 heteroatoms. The molecule has 0 radical (unpaired) electrons. The second-order valence-corrected chi connectivity index (χ2v) is 5.27. The van der Waals surface area contributed by atoms with Crippen LogP contribution in [0.5, 0.6) is 0 Å². The molecule has 0 aliphatic carbocycles. The molecule has 1 aliphatic rings. The lowest BCUT2D eigenvalue weighted by Crippen LogP contribution is -2.41. The SMILES string of the molecule is CC(C)(C)CC1CCCN(N)C1. The van der Waals surface area contributed by atoms with Gasteiger partial charge in [-0.25, -0.2) is 5.01 Å². The van der Waals surface area contributed by atoms with E-state index < -0.39 is 0 Å². The molecule has 0 bridgehead atoms. The van der Waals surface area contributed by atoms with Crippen LogP contribution in [0.1, 0.15) is 40.0 Å². The number of rotatable bonds is 1. The molecule has 1 heterocycles. The summed E-state index contributed by atoms with van der Waals surface area (Å²) in [5, 5.41) is 1.97. The largest absolute Gasteiger partial charge is 0.269 e. The monoisotopic (exact) mass is 170 g/mol. The minimum absolute atomic E-state index is 0.461. The summed E-state index contributed by atoms with van der Waals surface area (Å²) >= 11 is 0. The van der Waals surface area contributed by atoms with Gasteiger partial charge in [0, 0.05) is 13.1 Å². The van der Waals surface area contributed by atoms with E-state index in [9.17, 15) is 0 Å². The number of hydrogen-bond acceptors (Lipinski definition) is 2. The van der Waals surface area contributed by atoms with Gasteiger partial charge >= 0.3 is 0 Å². The molecular weight excluding hydrogens is 148 g/mol. The third kappa shape index (κ3) is 3.55. The number of nitrogens with zero attached hydrogens (tertiary/aromatic N) is 1. The maximum atomic E-state index is 5.78. The highest BCUT2D eigenvalue weighted by Gasteiger charge is 2.22. The van der Waals surface area contributed by atoms with Crippen LogP contribution in [-0.2, 0) is 0 Å². The highest BCUT2D eigenvalue weighted by molar-refractivity contribution is 4.74. The Labute approximate surface area is 76.1 Å². The van der Waals surface area contributed by atoms with E-state index in [2.05, 4.69) is 20.8 Å². The zero-order chi connectivity index (χ0) is 9.19. The van der Waals surface area contributed by atoms with Gasteiger partial charge in [-0.1, -0.05) is 20.8 Å². The van der Waals surface area contributed by atoms with Crippen LogP contribution in [-0.4, -0.2) is 18.1 Å². The van der Waals surface area contributed by atoms with Crippen LogP contribution in [0.25, 0.3) is 0 Å². The van der Waals surface area contributed by atoms with Gasteiger partial charge in [0.15, 0.2) is 0 Å². The molecule has 1 fully saturated rings. The fraction of sp³-hybridized carbons (Fsp3) is 1.00. The molecule has 0 saturated carbocycles. The van der Waals surface area contributed by atoms with Crippen molar-refractivity contribution in [2.75, 3.05) is 13.1 Å². The van der Waals surface area contributed by atoms with Gasteiger partial charge in [-0.2, -0.15) is 0 Å². The van der Waals surface area contributed by atoms with Gasteiger partial charge in [-0.3, -0.25) is 5.84 Å². The molecule has 1 saturated heterocycles. The first-order valence-corrected chi connectivity index (χ1v) is 4.97. The third-order valence-corrected chi connectivity index (χ3v) is 2.45. The molecule has 0 aromatic rings. The van der Waals surface area contributed by atoms with Crippen LogP contribution in [0.4, 0.5) is 0 Å². The fourth-order valence-corrected chi connectivity index (χ4v) is 2.13. The molecule has 1 unspecified atom stereocenters. The van der Waals surface area contributed by atoms with Crippen molar-refractivity contribution in [3.8, 4) is 0 Å². The first kappa shape index (κ1) is 10.0. The molecule has 1 atom stereocenters. The average Bonchev–Trinajstić information content (AvgIpc) is 1.82. The van der Waals surface area contributed by atoms with Crippen molar-refractivity contribution in [2.24, 2.45) is 17.2 Å². The molecule has 0 spiro atoms. The van der Waals surface area contributed by atoms with E-state index in [1.54, 1.807) is 0 Å². The van der Waals surface area contributed by atoms with E-state index in [4.69, 9.17) is 5.84 Å². The van der Waals surface area contributed by atoms with E-state index in [1.165, 1.54) is 19.3 Å². The van der Waals surface area contributed by atoms with Crippen LogP contribution in [0.2, 0.25) is 0 Å². The van der Waals surface area contributed by atoms with Crippen molar-refractivity contribution < 1.29 is 0 Å².